The molecule has 5 heteroatoms. The van der Waals surface area contributed by atoms with E-state index in [0.717, 1.165) is 11.1 Å². The van der Waals surface area contributed by atoms with Gasteiger partial charge >= 0.3 is 0 Å². The second-order valence-electron chi connectivity index (χ2n) is 4.60. The van der Waals surface area contributed by atoms with Gasteiger partial charge < -0.3 is 5.32 Å². The Bertz CT molecular complexity index is 629. The molecule has 0 fully saturated rings. The number of nitrogens with one attached hydrogen (secondary N) is 1. The van der Waals surface area contributed by atoms with Gasteiger partial charge in [0.15, 0.2) is 0 Å². The Labute approximate surface area is 122 Å². The average Bonchev–Trinajstić information content (AvgIpc) is 2.43. The Morgan fingerprint density at radius 2 is 2.00 bits per heavy atom. The van der Waals surface area contributed by atoms with Crippen LogP contribution in [0.15, 0.2) is 42.5 Å². The van der Waals surface area contributed by atoms with Crippen LogP contribution < -0.4 is 5.32 Å². The molecular weight excluding hydrogens is 276 g/mol. The van der Waals surface area contributed by atoms with Gasteiger partial charge in [-0.15, -0.1) is 0 Å². The standard InChI is InChI=1S/C15H15ClN2O2/c1-11-5-6-14(16)8-13(11)10-17-9-12-3-2-4-15(7-12)18(19)20/h2-8,17H,9-10H2,1H3. The molecule has 0 atom stereocenters. The van der Waals surface area contributed by atoms with Crippen molar-refractivity contribution in [3.05, 3.63) is 74.3 Å². The van der Waals surface area contributed by atoms with Crippen molar-refractivity contribution in [1.82, 2.24) is 5.32 Å². The van der Waals surface area contributed by atoms with Gasteiger partial charge in [0.25, 0.3) is 5.69 Å². The summed E-state index contributed by atoms with van der Waals surface area (Å²) >= 11 is 5.97. The Hall–Kier alpha value is -1.91. The summed E-state index contributed by atoms with van der Waals surface area (Å²) in [6, 6.07) is 12.4. The van der Waals surface area contributed by atoms with Crippen LogP contribution in [-0.2, 0) is 13.1 Å². The van der Waals surface area contributed by atoms with Gasteiger partial charge in [0.05, 0.1) is 4.92 Å². The first-order valence-corrected chi connectivity index (χ1v) is 6.63. The summed E-state index contributed by atoms with van der Waals surface area (Å²) in [7, 11) is 0. The lowest BCUT2D eigenvalue weighted by Crippen LogP contribution is -2.13. The molecule has 2 aromatic rings. The van der Waals surface area contributed by atoms with Crippen molar-refractivity contribution >= 4 is 17.3 Å². The number of nitro groups is 1. The highest BCUT2D eigenvalue weighted by atomic mass is 35.5. The summed E-state index contributed by atoms with van der Waals surface area (Å²) in [6.45, 7) is 3.28. The third kappa shape index (κ3) is 3.79. The number of aryl methyl sites for hydroxylation is 1. The lowest BCUT2D eigenvalue weighted by molar-refractivity contribution is -0.384. The third-order valence-corrected chi connectivity index (χ3v) is 3.31. The first-order chi connectivity index (χ1) is 9.56. The molecule has 0 aliphatic rings. The van der Waals surface area contributed by atoms with Crippen LogP contribution in [-0.4, -0.2) is 4.92 Å². The molecule has 2 aromatic carbocycles. The molecule has 0 bridgehead atoms. The Balaban J connectivity index is 1.97. The van der Waals surface area contributed by atoms with E-state index >= 15 is 0 Å². The zero-order valence-corrected chi connectivity index (χ0v) is 11.9. The quantitative estimate of drug-likeness (QED) is 0.672. The Morgan fingerprint density at radius 1 is 1.20 bits per heavy atom. The van der Waals surface area contributed by atoms with Gasteiger partial charge in [-0.3, -0.25) is 10.1 Å². The highest BCUT2D eigenvalue weighted by Crippen LogP contribution is 2.16. The van der Waals surface area contributed by atoms with Crippen molar-refractivity contribution in [2.75, 3.05) is 0 Å². The number of benzene rings is 2. The molecule has 0 heterocycles. The maximum absolute atomic E-state index is 10.7. The van der Waals surface area contributed by atoms with Crippen LogP contribution in [0.2, 0.25) is 5.02 Å². The van der Waals surface area contributed by atoms with Gasteiger partial charge in [-0.25, -0.2) is 0 Å². The Kier molecular flexibility index (Phi) is 4.71. The lowest BCUT2D eigenvalue weighted by Gasteiger charge is -2.08. The molecular formula is C15H15ClN2O2. The molecule has 0 radical (unpaired) electrons. The number of hydrogen-bond acceptors (Lipinski definition) is 3. The van der Waals surface area contributed by atoms with Crippen molar-refractivity contribution in [3.8, 4) is 0 Å². The summed E-state index contributed by atoms with van der Waals surface area (Å²) < 4.78 is 0. The van der Waals surface area contributed by atoms with Crippen LogP contribution >= 0.6 is 11.6 Å². The molecule has 2 rings (SSSR count). The van der Waals surface area contributed by atoms with E-state index in [2.05, 4.69) is 5.32 Å². The maximum atomic E-state index is 10.7. The van der Waals surface area contributed by atoms with Crippen molar-refractivity contribution in [3.63, 3.8) is 0 Å². The molecule has 0 amide bonds. The number of halogens is 1. The van der Waals surface area contributed by atoms with Crippen molar-refractivity contribution in [1.29, 1.82) is 0 Å². The van der Waals surface area contributed by atoms with Crippen LogP contribution in [0.5, 0.6) is 0 Å². The van der Waals surface area contributed by atoms with E-state index in [9.17, 15) is 10.1 Å². The minimum Gasteiger partial charge on any atom is -0.309 e. The average molecular weight is 291 g/mol. The highest BCUT2D eigenvalue weighted by molar-refractivity contribution is 6.30. The van der Waals surface area contributed by atoms with E-state index in [1.54, 1.807) is 12.1 Å². The topological polar surface area (TPSA) is 55.2 Å². The molecule has 0 aliphatic heterocycles. The fourth-order valence-electron chi connectivity index (χ4n) is 1.95. The predicted molar refractivity (Wildman–Crippen MR) is 79.8 cm³/mol. The second-order valence-corrected chi connectivity index (χ2v) is 5.04. The zero-order valence-electron chi connectivity index (χ0n) is 11.1. The Morgan fingerprint density at radius 3 is 2.75 bits per heavy atom. The third-order valence-electron chi connectivity index (χ3n) is 3.08. The van der Waals surface area contributed by atoms with Crippen LogP contribution in [0.25, 0.3) is 0 Å². The van der Waals surface area contributed by atoms with E-state index in [-0.39, 0.29) is 10.6 Å². The first kappa shape index (κ1) is 14.5. The molecule has 1 N–H and O–H groups in total. The highest BCUT2D eigenvalue weighted by Gasteiger charge is 2.05. The monoisotopic (exact) mass is 290 g/mol. The smallest absolute Gasteiger partial charge is 0.269 e. The fourth-order valence-corrected chi connectivity index (χ4v) is 2.15. The van der Waals surface area contributed by atoms with Gasteiger partial charge in [-0.2, -0.15) is 0 Å². The number of nitrogens with zero attached hydrogens (tertiary/aromatic N) is 1. The number of nitro benzene ring substituents is 1. The van der Waals surface area contributed by atoms with E-state index in [4.69, 9.17) is 11.6 Å². The first-order valence-electron chi connectivity index (χ1n) is 6.25. The SMILES string of the molecule is Cc1ccc(Cl)cc1CNCc1cccc([N+](=O)[O-])c1. The van der Waals surface area contributed by atoms with Crippen LogP contribution in [0.4, 0.5) is 5.69 Å². The maximum Gasteiger partial charge on any atom is 0.269 e. The molecule has 0 saturated heterocycles. The van der Waals surface area contributed by atoms with Gasteiger partial charge in [-0.05, 0) is 35.7 Å². The number of non-ortho nitro benzene ring substituents is 1. The van der Waals surface area contributed by atoms with Crippen LogP contribution in [0, 0.1) is 17.0 Å². The summed E-state index contributed by atoms with van der Waals surface area (Å²) in [5, 5.41) is 14.7. The molecule has 0 aliphatic carbocycles. The minimum atomic E-state index is -0.384. The minimum absolute atomic E-state index is 0.114. The summed E-state index contributed by atoms with van der Waals surface area (Å²) in [5.41, 5.74) is 3.30. The summed E-state index contributed by atoms with van der Waals surface area (Å²) in [6.07, 6.45) is 0. The second kappa shape index (κ2) is 6.50. The van der Waals surface area contributed by atoms with E-state index in [1.165, 1.54) is 11.6 Å². The van der Waals surface area contributed by atoms with Crippen LogP contribution in [0.3, 0.4) is 0 Å². The molecule has 104 valence electrons. The molecule has 0 aromatic heterocycles. The normalized spacial score (nSPS) is 10.5. The molecule has 20 heavy (non-hydrogen) atoms. The van der Waals surface area contributed by atoms with Crippen LogP contribution in [0.1, 0.15) is 16.7 Å². The van der Waals surface area contributed by atoms with Crippen molar-refractivity contribution in [2.24, 2.45) is 0 Å². The number of hydrogen-bond donors (Lipinski definition) is 1. The fraction of sp³-hybridized carbons (Fsp3) is 0.200. The molecule has 0 spiro atoms. The van der Waals surface area contributed by atoms with Gasteiger partial charge in [0, 0.05) is 30.2 Å². The van der Waals surface area contributed by atoms with Gasteiger partial charge in [0.1, 0.15) is 0 Å². The van der Waals surface area contributed by atoms with E-state index in [0.29, 0.717) is 18.1 Å². The van der Waals surface area contributed by atoms with Crippen molar-refractivity contribution < 1.29 is 4.92 Å². The zero-order chi connectivity index (χ0) is 14.5. The number of rotatable bonds is 5. The van der Waals surface area contributed by atoms with E-state index < -0.39 is 0 Å². The largest absolute Gasteiger partial charge is 0.309 e. The van der Waals surface area contributed by atoms with E-state index in [1.807, 2.05) is 31.2 Å². The summed E-state index contributed by atoms with van der Waals surface area (Å²) in [5.74, 6) is 0. The van der Waals surface area contributed by atoms with Crippen molar-refractivity contribution in [2.45, 2.75) is 20.0 Å². The summed E-state index contributed by atoms with van der Waals surface area (Å²) in [4.78, 5) is 10.3. The molecule has 0 saturated carbocycles. The van der Waals surface area contributed by atoms with Gasteiger partial charge in [0.2, 0.25) is 0 Å². The predicted octanol–water partition coefficient (Wildman–Crippen LogP) is 3.85. The molecule has 4 nitrogen and oxygen atoms in total. The lowest BCUT2D eigenvalue weighted by atomic mass is 10.1. The van der Waals surface area contributed by atoms with Gasteiger partial charge in [-0.1, -0.05) is 29.8 Å². The molecule has 0 unspecified atom stereocenters.